The van der Waals surface area contributed by atoms with E-state index in [0.29, 0.717) is 19.6 Å². The summed E-state index contributed by atoms with van der Waals surface area (Å²) in [4.78, 5) is 29.3. The molecule has 150 valence electrons. The Hall–Kier alpha value is -1.82. The van der Waals surface area contributed by atoms with Gasteiger partial charge in [-0.15, -0.1) is 0 Å². The van der Waals surface area contributed by atoms with Gasteiger partial charge in [0.1, 0.15) is 0 Å². The number of nitrogens with zero attached hydrogens (tertiary/aromatic N) is 3. The van der Waals surface area contributed by atoms with Crippen molar-refractivity contribution in [3.63, 3.8) is 0 Å². The first-order valence-electron chi connectivity index (χ1n) is 9.99. The number of hydrogen-bond donors (Lipinski definition) is 0. The molecule has 6 nitrogen and oxygen atoms in total. The van der Waals surface area contributed by atoms with Crippen molar-refractivity contribution in [2.24, 2.45) is 5.41 Å². The predicted octanol–water partition coefficient (Wildman–Crippen LogP) is 2.73. The maximum Gasteiger partial charge on any atom is 0.255 e. The average molecular weight is 376 g/mol. The highest BCUT2D eigenvalue weighted by Crippen LogP contribution is 2.39. The molecule has 2 saturated heterocycles. The van der Waals surface area contributed by atoms with E-state index in [-0.39, 0.29) is 22.8 Å². The molecule has 3 heterocycles. The van der Waals surface area contributed by atoms with Gasteiger partial charge in [0, 0.05) is 63.1 Å². The molecule has 1 aromatic rings. The number of ether oxygens (including phenoxy) is 1. The number of carbonyl (C=O) groups excluding carboxylic acids is 2. The van der Waals surface area contributed by atoms with E-state index in [1.165, 1.54) is 0 Å². The SMILES string of the molecule is COCCN1C[C@@]2(CCCN(C(=O)c3ccn(C(C)(C)C)c3)C2)CCC1=O. The fourth-order valence-corrected chi connectivity index (χ4v) is 4.34. The average Bonchev–Trinajstić information content (AvgIpc) is 3.13. The molecule has 0 aliphatic carbocycles. The van der Waals surface area contributed by atoms with Gasteiger partial charge in [0.25, 0.3) is 5.91 Å². The molecule has 3 rings (SSSR count). The van der Waals surface area contributed by atoms with Crippen molar-refractivity contribution in [2.45, 2.75) is 52.0 Å². The van der Waals surface area contributed by atoms with Gasteiger partial charge in [-0.2, -0.15) is 0 Å². The summed E-state index contributed by atoms with van der Waals surface area (Å²) >= 11 is 0. The van der Waals surface area contributed by atoms with Crippen LogP contribution in [0.3, 0.4) is 0 Å². The van der Waals surface area contributed by atoms with Crippen molar-refractivity contribution in [2.75, 3.05) is 39.9 Å². The molecule has 2 aliphatic rings. The molecule has 2 aliphatic heterocycles. The molecule has 6 heteroatoms. The summed E-state index contributed by atoms with van der Waals surface area (Å²) in [5.41, 5.74) is 0.750. The lowest BCUT2D eigenvalue weighted by Crippen LogP contribution is -2.55. The van der Waals surface area contributed by atoms with Gasteiger partial charge in [0.15, 0.2) is 0 Å². The summed E-state index contributed by atoms with van der Waals surface area (Å²) in [6.45, 7) is 9.86. The first-order valence-corrected chi connectivity index (χ1v) is 9.99. The highest BCUT2D eigenvalue weighted by molar-refractivity contribution is 5.94. The monoisotopic (exact) mass is 375 g/mol. The first kappa shape index (κ1) is 19.9. The molecule has 1 atom stereocenters. The number of amides is 2. The Balaban J connectivity index is 1.70. The Morgan fingerprint density at radius 3 is 2.70 bits per heavy atom. The molecular formula is C21H33N3O3. The summed E-state index contributed by atoms with van der Waals surface area (Å²) in [5.74, 6) is 0.320. The smallest absolute Gasteiger partial charge is 0.255 e. The topological polar surface area (TPSA) is 54.8 Å². The van der Waals surface area contributed by atoms with E-state index in [9.17, 15) is 9.59 Å². The third-order valence-corrected chi connectivity index (χ3v) is 5.98. The molecular weight excluding hydrogens is 342 g/mol. The largest absolute Gasteiger partial charge is 0.383 e. The van der Waals surface area contributed by atoms with Gasteiger partial charge in [-0.25, -0.2) is 0 Å². The summed E-state index contributed by atoms with van der Waals surface area (Å²) in [6, 6.07) is 1.92. The minimum absolute atomic E-state index is 0.0299. The standard InChI is InChI=1S/C21H33N3O3/c1-20(2,3)24-11-7-17(14-24)19(26)23-10-5-8-21(16-23)9-6-18(25)22(15-21)12-13-27-4/h7,11,14H,5-6,8-10,12-13,15-16H2,1-4H3/t21-/m1/s1. The minimum Gasteiger partial charge on any atom is -0.383 e. The van der Waals surface area contributed by atoms with E-state index in [2.05, 4.69) is 25.3 Å². The highest BCUT2D eigenvalue weighted by Gasteiger charge is 2.42. The van der Waals surface area contributed by atoms with E-state index >= 15 is 0 Å². The van der Waals surface area contributed by atoms with E-state index < -0.39 is 0 Å². The molecule has 1 spiro atoms. The minimum atomic E-state index is -0.0345. The van der Waals surface area contributed by atoms with Gasteiger partial charge in [0.2, 0.25) is 5.91 Å². The third-order valence-electron chi connectivity index (χ3n) is 5.98. The van der Waals surface area contributed by atoms with Crippen molar-refractivity contribution in [1.29, 1.82) is 0 Å². The molecule has 0 N–H and O–H groups in total. The van der Waals surface area contributed by atoms with Gasteiger partial charge < -0.3 is 19.1 Å². The number of methoxy groups -OCH3 is 1. The van der Waals surface area contributed by atoms with Crippen LogP contribution in [0.25, 0.3) is 0 Å². The molecule has 0 bridgehead atoms. The lowest BCUT2D eigenvalue weighted by Gasteiger charge is -2.48. The van der Waals surface area contributed by atoms with Gasteiger partial charge in [0.05, 0.1) is 12.2 Å². The van der Waals surface area contributed by atoms with Crippen LogP contribution in [0.5, 0.6) is 0 Å². The molecule has 2 fully saturated rings. The van der Waals surface area contributed by atoms with E-state index in [4.69, 9.17) is 4.74 Å². The zero-order chi connectivity index (χ0) is 19.7. The van der Waals surface area contributed by atoms with Crippen molar-refractivity contribution in [3.05, 3.63) is 24.0 Å². The van der Waals surface area contributed by atoms with Crippen LogP contribution in [0.4, 0.5) is 0 Å². The van der Waals surface area contributed by atoms with E-state index in [0.717, 1.165) is 44.5 Å². The van der Waals surface area contributed by atoms with Crippen LogP contribution in [0.1, 0.15) is 56.8 Å². The maximum atomic E-state index is 13.1. The second-order valence-electron chi connectivity index (χ2n) is 9.12. The summed E-state index contributed by atoms with van der Waals surface area (Å²) < 4.78 is 7.24. The fraction of sp³-hybridized carbons (Fsp3) is 0.714. The number of rotatable bonds is 4. The number of hydrogen-bond acceptors (Lipinski definition) is 3. The Morgan fingerprint density at radius 2 is 2.04 bits per heavy atom. The van der Waals surface area contributed by atoms with Gasteiger partial charge in [-0.05, 0) is 46.1 Å². The van der Waals surface area contributed by atoms with Gasteiger partial charge in [-0.1, -0.05) is 0 Å². The van der Waals surface area contributed by atoms with Crippen LogP contribution in [0, 0.1) is 5.41 Å². The van der Waals surface area contributed by atoms with Crippen LogP contribution < -0.4 is 0 Å². The zero-order valence-electron chi connectivity index (χ0n) is 17.2. The van der Waals surface area contributed by atoms with Gasteiger partial charge in [-0.3, -0.25) is 9.59 Å². The van der Waals surface area contributed by atoms with Crippen molar-refractivity contribution in [3.8, 4) is 0 Å². The molecule has 1 aromatic heterocycles. The first-order chi connectivity index (χ1) is 12.7. The van der Waals surface area contributed by atoms with Crippen molar-refractivity contribution >= 4 is 11.8 Å². The van der Waals surface area contributed by atoms with E-state index in [1.807, 2.05) is 28.3 Å². The van der Waals surface area contributed by atoms with Gasteiger partial charge >= 0.3 is 0 Å². The zero-order valence-corrected chi connectivity index (χ0v) is 17.2. The van der Waals surface area contributed by atoms with Crippen molar-refractivity contribution in [1.82, 2.24) is 14.4 Å². The summed E-state index contributed by atoms with van der Waals surface area (Å²) in [5, 5.41) is 0. The third kappa shape index (κ3) is 4.37. The summed E-state index contributed by atoms with van der Waals surface area (Å²) in [7, 11) is 1.66. The van der Waals surface area contributed by atoms with Crippen molar-refractivity contribution < 1.29 is 14.3 Å². The molecule has 0 radical (unpaired) electrons. The lowest BCUT2D eigenvalue weighted by molar-refractivity contribution is -0.139. The maximum absolute atomic E-state index is 13.1. The quantitative estimate of drug-likeness (QED) is 0.813. The van der Waals surface area contributed by atoms with Crippen LogP contribution in [-0.2, 0) is 15.1 Å². The molecule has 0 saturated carbocycles. The summed E-state index contributed by atoms with van der Waals surface area (Å²) in [6.07, 6.45) is 7.47. The lowest BCUT2D eigenvalue weighted by atomic mass is 9.73. The predicted molar refractivity (Wildman–Crippen MR) is 105 cm³/mol. The molecule has 0 aromatic carbocycles. The number of aromatic nitrogens is 1. The normalized spacial score (nSPS) is 23.9. The number of carbonyl (C=O) groups is 2. The molecule has 2 amide bonds. The Labute approximate surface area is 162 Å². The number of piperidine rings is 2. The Morgan fingerprint density at radius 1 is 1.26 bits per heavy atom. The fourth-order valence-electron chi connectivity index (χ4n) is 4.34. The molecule has 0 unspecified atom stereocenters. The van der Waals surface area contributed by atoms with Crippen LogP contribution >= 0.6 is 0 Å². The van der Waals surface area contributed by atoms with Crippen LogP contribution in [0.2, 0.25) is 0 Å². The molecule has 27 heavy (non-hydrogen) atoms. The van der Waals surface area contributed by atoms with Crippen LogP contribution in [0.15, 0.2) is 18.5 Å². The number of likely N-dealkylation sites (tertiary alicyclic amines) is 2. The Bertz CT molecular complexity index is 691. The van der Waals surface area contributed by atoms with Crippen LogP contribution in [-0.4, -0.2) is 66.1 Å². The second-order valence-corrected chi connectivity index (χ2v) is 9.12. The second kappa shape index (κ2) is 7.66. The highest BCUT2D eigenvalue weighted by atomic mass is 16.5. The Kier molecular flexibility index (Phi) is 5.65. The van der Waals surface area contributed by atoms with E-state index in [1.54, 1.807) is 7.11 Å².